The number of thiazole rings is 1. The number of aryl methyl sites for hydroxylation is 1. The first kappa shape index (κ1) is 19.4. The molecule has 134 valence electrons. The minimum atomic E-state index is -0.282. The highest BCUT2D eigenvalue weighted by Gasteiger charge is 2.16. The minimum absolute atomic E-state index is 0.171. The van der Waals surface area contributed by atoms with Gasteiger partial charge >= 0.3 is 11.9 Å². The van der Waals surface area contributed by atoms with Crippen LogP contribution >= 0.6 is 23.1 Å². The summed E-state index contributed by atoms with van der Waals surface area (Å²) in [7, 11) is 0. The van der Waals surface area contributed by atoms with E-state index in [-0.39, 0.29) is 24.8 Å². The smallest absolute Gasteiger partial charge is 0.311 e. The van der Waals surface area contributed by atoms with Gasteiger partial charge < -0.3 is 9.47 Å². The Bertz CT molecular complexity index is 746. The van der Waals surface area contributed by atoms with Gasteiger partial charge in [-0.25, -0.2) is 9.97 Å². The molecule has 0 aromatic carbocycles. The van der Waals surface area contributed by atoms with Gasteiger partial charge in [0.15, 0.2) is 4.34 Å². The van der Waals surface area contributed by atoms with Crippen LogP contribution in [0, 0.1) is 6.92 Å². The molecule has 2 rings (SSSR count). The fourth-order valence-corrected chi connectivity index (χ4v) is 4.27. The molecule has 25 heavy (non-hydrogen) atoms. The molecule has 0 unspecified atom stereocenters. The standard InChI is InChI=1S/C17H20N2O4S2/c1-4-22-14(20)9-12-7-6-8-18-16(12)25-17-19-11(3)13(24-17)10-15(21)23-5-2/h6-8H,4-5,9-10H2,1-3H3. The first-order valence-corrected chi connectivity index (χ1v) is 9.56. The molecule has 0 N–H and O–H groups in total. The normalized spacial score (nSPS) is 10.5. The van der Waals surface area contributed by atoms with E-state index in [4.69, 9.17) is 9.47 Å². The topological polar surface area (TPSA) is 78.4 Å². The van der Waals surface area contributed by atoms with Gasteiger partial charge in [-0.1, -0.05) is 6.07 Å². The number of carbonyl (C=O) groups excluding carboxylic acids is 2. The number of carbonyl (C=O) groups is 2. The van der Waals surface area contributed by atoms with Gasteiger partial charge in [0.05, 0.1) is 31.7 Å². The number of nitrogens with zero attached hydrogens (tertiary/aromatic N) is 2. The molecule has 0 aliphatic rings. The lowest BCUT2D eigenvalue weighted by atomic mass is 10.2. The van der Waals surface area contributed by atoms with Crippen LogP contribution in [0.1, 0.15) is 30.0 Å². The fraction of sp³-hybridized carbons (Fsp3) is 0.412. The molecule has 0 saturated heterocycles. The van der Waals surface area contributed by atoms with Crippen molar-refractivity contribution >= 4 is 35.0 Å². The quantitative estimate of drug-likeness (QED) is 0.651. The predicted octanol–water partition coefficient (Wildman–Crippen LogP) is 3.21. The molecule has 0 aliphatic heterocycles. The summed E-state index contributed by atoms with van der Waals surface area (Å²) in [6.45, 7) is 6.14. The first-order valence-electron chi connectivity index (χ1n) is 7.92. The molecular formula is C17H20N2O4S2. The van der Waals surface area contributed by atoms with Crippen LogP contribution in [0.4, 0.5) is 0 Å². The largest absolute Gasteiger partial charge is 0.466 e. The second kappa shape index (κ2) is 9.53. The van der Waals surface area contributed by atoms with E-state index in [9.17, 15) is 9.59 Å². The molecule has 2 aromatic rings. The van der Waals surface area contributed by atoms with E-state index in [0.29, 0.717) is 18.2 Å². The van der Waals surface area contributed by atoms with Gasteiger partial charge in [0.25, 0.3) is 0 Å². The number of ether oxygens (including phenoxy) is 2. The maximum atomic E-state index is 11.7. The number of pyridine rings is 1. The number of hydrogen-bond donors (Lipinski definition) is 0. The van der Waals surface area contributed by atoms with Gasteiger partial charge in [-0.3, -0.25) is 9.59 Å². The molecule has 0 radical (unpaired) electrons. The highest BCUT2D eigenvalue weighted by atomic mass is 32.2. The monoisotopic (exact) mass is 380 g/mol. The second-order valence-electron chi connectivity index (χ2n) is 5.02. The molecule has 2 aromatic heterocycles. The van der Waals surface area contributed by atoms with Crippen LogP contribution in [0.15, 0.2) is 27.7 Å². The van der Waals surface area contributed by atoms with E-state index in [0.717, 1.165) is 20.5 Å². The molecule has 0 bridgehead atoms. The number of hydrogen-bond acceptors (Lipinski definition) is 8. The molecule has 0 aliphatic carbocycles. The van der Waals surface area contributed by atoms with Crippen LogP contribution in [0.5, 0.6) is 0 Å². The van der Waals surface area contributed by atoms with Crippen LogP contribution in [-0.4, -0.2) is 35.1 Å². The molecule has 8 heteroatoms. The Morgan fingerprint density at radius 1 is 1.16 bits per heavy atom. The van der Waals surface area contributed by atoms with Crippen molar-refractivity contribution in [2.45, 2.75) is 43.0 Å². The van der Waals surface area contributed by atoms with Crippen LogP contribution in [0.25, 0.3) is 0 Å². The summed E-state index contributed by atoms with van der Waals surface area (Å²) in [5.74, 6) is -0.540. The van der Waals surface area contributed by atoms with Gasteiger partial charge in [0.1, 0.15) is 5.03 Å². The van der Waals surface area contributed by atoms with Crippen molar-refractivity contribution < 1.29 is 19.1 Å². The van der Waals surface area contributed by atoms with Crippen molar-refractivity contribution in [2.24, 2.45) is 0 Å². The third-order valence-corrected chi connectivity index (χ3v) is 5.44. The van der Waals surface area contributed by atoms with Crippen molar-refractivity contribution in [3.8, 4) is 0 Å². The van der Waals surface area contributed by atoms with E-state index in [1.165, 1.54) is 23.1 Å². The maximum Gasteiger partial charge on any atom is 0.311 e. The third kappa shape index (κ3) is 5.82. The molecular weight excluding hydrogens is 360 g/mol. The van der Waals surface area contributed by atoms with Gasteiger partial charge in [0, 0.05) is 11.1 Å². The van der Waals surface area contributed by atoms with Crippen molar-refractivity contribution in [1.82, 2.24) is 9.97 Å². The lowest BCUT2D eigenvalue weighted by Gasteiger charge is -2.06. The zero-order valence-corrected chi connectivity index (χ0v) is 16.0. The minimum Gasteiger partial charge on any atom is -0.466 e. The molecule has 0 fully saturated rings. The van der Waals surface area contributed by atoms with Crippen molar-refractivity contribution in [1.29, 1.82) is 0 Å². The SMILES string of the molecule is CCOC(=O)Cc1cccnc1Sc1nc(C)c(CC(=O)OCC)s1. The van der Waals surface area contributed by atoms with Crippen LogP contribution in [0.3, 0.4) is 0 Å². The lowest BCUT2D eigenvalue weighted by molar-refractivity contribution is -0.143. The van der Waals surface area contributed by atoms with E-state index in [1.54, 1.807) is 26.1 Å². The Labute approximate surface area is 155 Å². The van der Waals surface area contributed by atoms with Gasteiger partial charge in [-0.2, -0.15) is 0 Å². The van der Waals surface area contributed by atoms with E-state index in [2.05, 4.69) is 9.97 Å². The van der Waals surface area contributed by atoms with Gasteiger partial charge in [-0.05, 0) is 44.2 Å². The summed E-state index contributed by atoms with van der Waals surface area (Å²) in [5.41, 5.74) is 1.61. The first-order chi connectivity index (χ1) is 12.0. The fourth-order valence-electron chi connectivity index (χ4n) is 2.05. The predicted molar refractivity (Wildman–Crippen MR) is 95.9 cm³/mol. The van der Waals surface area contributed by atoms with E-state index >= 15 is 0 Å². The van der Waals surface area contributed by atoms with Gasteiger partial charge in [0.2, 0.25) is 0 Å². The highest BCUT2D eigenvalue weighted by Crippen LogP contribution is 2.34. The third-order valence-electron chi connectivity index (χ3n) is 3.16. The summed E-state index contributed by atoms with van der Waals surface area (Å²) in [5, 5.41) is 0.715. The Kier molecular flexibility index (Phi) is 7.39. The number of aromatic nitrogens is 2. The zero-order chi connectivity index (χ0) is 18.2. The average molecular weight is 380 g/mol. The molecule has 6 nitrogen and oxygen atoms in total. The van der Waals surface area contributed by atoms with Crippen LogP contribution in [-0.2, 0) is 31.9 Å². The van der Waals surface area contributed by atoms with Crippen LogP contribution in [0.2, 0.25) is 0 Å². The van der Waals surface area contributed by atoms with Crippen molar-refractivity contribution in [2.75, 3.05) is 13.2 Å². The maximum absolute atomic E-state index is 11.7. The van der Waals surface area contributed by atoms with Crippen molar-refractivity contribution in [3.05, 3.63) is 34.5 Å². The van der Waals surface area contributed by atoms with Crippen LogP contribution < -0.4 is 0 Å². The molecule has 0 saturated carbocycles. The number of esters is 2. The van der Waals surface area contributed by atoms with Crippen molar-refractivity contribution in [3.63, 3.8) is 0 Å². The molecule has 2 heterocycles. The Morgan fingerprint density at radius 2 is 1.84 bits per heavy atom. The summed E-state index contributed by atoms with van der Waals surface area (Å²) >= 11 is 2.83. The molecule has 0 spiro atoms. The zero-order valence-electron chi connectivity index (χ0n) is 14.4. The summed E-state index contributed by atoms with van der Waals surface area (Å²) < 4.78 is 10.8. The Morgan fingerprint density at radius 3 is 2.52 bits per heavy atom. The average Bonchev–Trinajstić information content (AvgIpc) is 2.89. The summed E-state index contributed by atoms with van der Waals surface area (Å²) in [6.07, 6.45) is 2.07. The Balaban J connectivity index is 2.12. The molecule has 0 atom stereocenters. The summed E-state index contributed by atoms with van der Waals surface area (Å²) in [4.78, 5) is 33.1. The second-order valence-corrected chi connectivity index (χ2v) is 7.34. The molecule has 0 amide bonds. The van der Waals surface area contributed by atoms with E-state index in [1.807, 2.05) is 13.0 Å². The van der Waals surface area contributed by atoms with Gasteiger partial charge in [-0.15, -0.1) is 11.3 Å². The number of rotatable bonds is 8. The lowest BCUT2D eigenvalue weighted by Crippen LogP contribution is -2.08. The highest BCUT2D eigenvalue weighted by molar-refractivity contribution is 8.01. The summed E-state index contributed by atoms with van der Waals surface area (Å²) in [6, 6.07) is 3.64. The Hall–Kier alpha value is -1.93. The van der Waals surface area contributed by atoms with E-state index < -0.39 is 0 Å².